The second-order valence-electron chi connectivity index (χ2n) is 1.91. The van der Waals surface area contributed by atoms with Gasteiger partial charge in [-0.15, -0.1) is 11.8 Å². The molecule has 0 aromatic heterocycles. The number of thioether (sulfide) groups is 1. The summed E-state index contributed by atoms with van der Waals surface area (Å²) >= 11 is 1.78. The lowest BCUT2D eigenvalue weighted by molar-refractivity contribution is 0.691. The summed E-state index contributed by atoms with van der Waals surface area (Å²) in [7, 11) is -0.715. The van der Waals surface area contributed by atoms with E-state index in [9.17, 15) is 4.21 Å². The van der Waals surface area contributed by atoms with Crippen molar-refractivity contribution in [3.8, 4) is 0 Å². The molecule has 0 saturated heterocycles. The van der Waals surface area contributed by atoms with Crippen molar-refractivity contribution in [1.29, 1.82) is 0 Å². The van der Waals surface area contributed by atoms with Gasteiger partial charge in [0.2, 0.25) is 0 Å². The maximum Gasteiger partial charge on any atom is 0.0854 e. The predicted molar refractivity (Wildman–Crippen MR) is 53.2 cm³/mol. The van der Waals surface area contributed by atoms with Crippen LogP contribution in [0.2, 0.25) is 0 Å². The molecule has 1 unspecified atom stereocenters. The molecular formula is C6H12N2OS2. The molecule has 1 N–H and O–H groups in total. The summed E-state index contributed by atoms with van der Waals surface area (Å²) < 4.78 is 10.2. The van der Waals surface area contributed by atoms with Gasteiger partial charge >= 0.3 is 0 Å². The van der Waals surface area contributed by atoms with Crippen molar-refractivity contribution in [2.75, 3.05) is 18.2 Å². The van der Waals surface area contributed by atoms with Crippen LogP contribution in [0.25, 0.3) is 0 Å². The smallest absolute Gasteiger partial charge is 0.0854 e. The van der Waals surface area contributed by atoms with Crippen molar-refractivity contribution in [1.82, 2.24) is 5.32 Å². The molecule has 0 amide bonds. The van der Waals surface area contributed by atoms with Crippen LogP contribution in [0.3, 0.4) is 0 Å². The van der Waals surface area contributed by atoms with Gasteiger partial charge in [0.05, 0.1) is 28.8 Å². The Kier molecular flexibility index (Phi) is 4.30. The van der Waals surface area contributed by atoms with E-state index >= 15 is 0 Å². The molecule has 2 aliphatic heterocycles. The van der Waals surface area contributed by atoms with Gasteiger partial charge in [-0.2, -0.15) is 0 Å². The first-order valence-corrected chi connectivity index (χ1v) is 5.70. The van der Waals surface area contributed by atoms with E-state index in [1.54, 1.807) is 11.8 Å². The zero-order valence-electron chi connectivity index (χ0n) is 6.03. The molecule has 2 heterocycles. The molecule has 0 saturated carbocycles. The van der Waals surface area contributed by atoms with Crippen LogP contribution >= 0.6 is 11.8 Å². The molecule has 0 aliphatic carbocycles. The van der Waals surface area contributed by atoms with Crippen molar-refractivity contribution in [3.05, 3.63) is 11.6 Å². The van der Waals surface area contributed by atoms with Gasteiger partial charge in [0, 0.05) is 13.4 Å². The summed E-state index contributed by atoms with van der Waals surface area (Å²) in [6.07, 6.45) is 1.95. The number of nitrogens with zero attached hydrogens (tertiary/aromatic N) is 1. The third kappa shape index (κ3) is 4.21. The van der Waals surface area contributed by atoms with E-state index in [1.165, 1.54) is 5.55 Å². The van der Waals surface area contributed by atoms with Gasteiger partial charge in [0.1, 0.15) is 0 Å². The highest BCUT2D eigenvalue weighted by Crippen LogP contribution is 2.02. The molecule has 0 radical (unpaired) electrons. The Labute approximate surface area is 74.3 Å². The summed E-state index contributed by atoms with van der Waals surface area (Å²) in [4.78, 5) is 3.74. The third-order valence-corrected chi connectivity index (χ3v) is 2.69. The number of hydrogen-bond donors (Lipinski definition) is 1. The first-order valence-electron chi connectivity index (χ1n) is 3.27. The molecule has 0 spiro atoms. The molecule has 3 nitrogen and oxygen atoms in total. The first kappa shape index (κ1) is 8.80. The maximum atomic E-state index is 10.2. The van der Waals surface area contributed by atoms with E-state index in [0.717, 1.165) is 18.2 Å². The summed E-state index contributed by atoms with van der Waals surface area (Å²) in [6.45, 7) is 0.757. The normalized spacial score (nSPS) is 26.0. The number of aliphatic imine (C=N–C) groups is 1. The van der Waals surface area contributed by atoms with E-state index in [2.05, 4.69) is 10.3 Å². The fourth-order valence-electron chi connectivity index (χ4n) is 0.572. The van der Waals surface area contributed by atoms with Crippen LogP contribution in [-0.2, 0) is 10.8 Å². The lowest BCUT2D eigenvalue weighted by Crippen LogP contribution is -1.93. The minimum absolute atomic E-state index is 0. The van der Waals surface area contributed by atoms with Gasteiger partial charge in [-0.05, 0) is 5.41 Å². The van der Waals surface area contributed by atoms with Crippen LogP contribution in [-0.4, -0.2) is 27.9 Å². The van der Waals surface area contributed by atoms with Crippen molar-refractivity contribution in [2.24, 2.45) is 4.99 Å². The third-order valence-electron chi connectivity index (χ3n) is 1.06. The fraction of sp³-hybridized carbons (Fsp3) is 0.500. The summed E-state index contributed by atoms with van der Waals surface area (Å²) in [5.41, 5.74) is 1.50. The summed E-state index contributed by atoms with van der Waals surface area (Å²) in [6, 6.07) is 0. The van der Waals surface area contributed by atoms with Gasteiger partial charge in [0.25, 0.3) is 0 Å². The van der Waals surface area contributed by atoms with Crippen molar-refractivity contribution >= 4 is 28.1 Å². The SMILES string of the molecule is C1=CSCN1.O=S1C=NCC1.[HH]. The zero-order valence-corrected chi connectivity index (χ0v) is 7.66. The molecule has 64 valence electrons. The van der Waals surface area contributed by atoms with Gasteiger partial charge in [-0.1, -0.05) is 0 Å². The van der Waals surface area contributed by atoms with Gasteiger partial charge in [-0.25, -0.2) is 0 Å². The number of nitrogens with one attached hydrogen (secondary N) is 1. The van der Waals surface area contributed by atoms with Gasteiger partial charge in [-0.3, -0.25) is 9.20 Å². The Morgan fingerprint density at radius 3 is 2.82 bits per heavy atom. The lowest BCUT2D eigenvalue weighted by atomic mass is 10.8. The Hall–Kier alpha value is -0.290. The van der Waals surface area contributed by atoms with E-state index in [0.29, 0.717) is 0 Å². The molecule has 2 aliphatic rings. The van der Waals surface area contributed by atoms with Crippen molar-refractivity contribution < 1.29 is 5.64 Å². The van der Waals surface area contributed by atoms with Crippen LogP contribution in [0.5, 0.6) is 0 Å². The van der Waals surface area contributed by atoms with Gasteiger partial charge < -0.3 is 5.32 Å². The minimum atomic E-state index is -0.715. The van der Waals surface area contributed by atoms with Crippen LogP contribution in [0.1, 0.15) is 1.43 Å². The first-order chi connectivity index (χ1) is 5.39. The monoisotopic (exact) mass is 192 g/mol. The Morgan fingerprint density at radius 1 is 1.73 bits per heavy atom. The minimum Gasteiger partial charge on any atom is -0.381 e. The summed E-state index contributed by atoms with van der Waals surface area (Å²) in [5, 5.41) is 5.05. The second-order valence-corrected chi connectivity index (χ2v) is 4.19. The number of hydrogen-bond acceptors (Lipinski definition) is 4. The highest BCUT2D eigenvalue weighted by molar-refractivity contribution is 8.02. The summed E-state index contributed by atoms with van der Waals surface area (Å²) in [5.74, 6) is 1.79. The molecule has 1 atom stereocenters. The lowest BCUT2D eigenvalue weighted by Gasteiger charge is -1.77. The highest BCUT2D eigenvalue weighted by Gasteiger charge is 1.97. The quantitative estimate of drug-likeness (QED) is 0.616. The zero-order chi connectivity index (χ0) is 7.94. The maximum absolute atomic E-state index is 10.2. The topological polar surface area (TPSA) is 41.5 Å². The standard InChI is InChI=1S/C3H5NOS.C3H5NS.H2/c5-6-2-1-4-3-6;1-2-5-3-4-1;/h3H,1-2H2;1-2,4H,3H2;1H. The van der Waals surface area contributed by atoms with Gasteiger partial charge in [0.15, 0.2) is 0 Å². The molecule has 0 aromatic rings. The average Bonchev–Trinajstić information content (AvgIpc) is 2.57. The van der Waals surface area contributed by atoms with E-state index in [-0.39, 0.29) is 1.43 Å². The van der Waals surface area contributed by atoms with Crippen molar-refractivity contribution in [3.63, 3.8) is 0 Å². The molecule has 2 rings (SSSR count). The fourth-order valence-corrected chi connectivity index (χ4v) is 1.72. The molecule has 0 aromatic carbocycles. The largest absolute Gasteiger partial charge is 0.381 e. The van der Waals surface area contributed by atoms with Crippen molar-refractivity contribution in [2.45, 2.75) is 0 Å². The Bertz CT molecular complexity index is 190. The molecule has 0 fully saturated rings. The Balaban J connectivity index is 0.000000189. The number of rotatable bonds is 0. The molecule has 0 bridgehead atoms. The van der Waals surface area contributed by atoms with E-state index < -0.39 is 10.8 Å². The average molecular weight is 192 g/mol. The van der Waals surface area contributed by atoms with E-state index in [1.807, 2.05) is 11.6 Å². The predicted octanol–water partition coefficient (Wildman–Crippen LogP) is 0.774. The second kappa shape index (κ2) is 5.37. The Morgan fingerprint density at radius 2 is 2.64 bits per heavy atom. The van der Waals surface area contributed by atoms with Crippen LogP contribution in [0, 0.1) is 0 Å². The highest BCUT2D eigenvalue weighted by atomic mass is 32.2. The molecular weight excluding hydrogens is 180 g/mol. The van der Waals surface area contributed by atoms with E-state index in [4.69, 9.17) is 0 Å². The molecule has 5 heteroatoms. The van der Waals surface area contributed by atoms with Crippen LogP contribution < -0.4 is 5.32 Å². The van der Waals surface area contributed by atoms with Crippen LogP contribution in [0.4, 0.5) is 0 Å². The molecule has 11 heavy (non-hydrogen) atoms. The van der Waals surface area contributed by atoms with Crippen LogP contribution in [0.15, 0.2) is 16.6 Å².